The van der Waals surface area contributed by atoms with Gasteiger partial charge in [0.1, 0.15) is 0 Å². The predicted molar refractivity (Wildman–Crippen MR) is 65.0 cm³/mol. The van der Waals surface area contributed by atoms with Crippen molar-refractivity contribution < 1.29 is 0 Å². The van der Waals surface area contributed by atoms with Gasteiger partial charge in [0.2, 0.25) is 0 Å². The molecule has 0 radical (unpaired) electrons. The van der Waals surface area contributed by atoms with E-state index in [1.54, 1.807) is 0 Å². The molecule has 1 atom stereocenters. The molecule has 0 spiro atoms. The molecule has 1 aromatic rings. The molecule has 1 unspecified atom stereocenters. The van der Waals surface area contributed by atoms with Crippen molar-refractivity contribution in [2.45, 2.75) is 58.5 Å². The van der Waals surface area contributed by atoms with Crippen LogP contribution in [0.25, 0.3) is 0 Å². The molecule has 0 aromatic carbocycles. The zero-order chi connectivity index (χ0) is 10.9. The maximum Gasteiger partial charge on any atom is 0.0893 e. The first-order valence-corrected chi connectivity index (χ1v) is 6.66. The van der Waals surface area contributed by atoms with Crippen molar-refractivity contribution in [3.05, 3.63) is 11.1 Å². The second-order valence-corrected chi connectivity index (χ2v) is 4.64. The Morgan fingerprint density at radius 1 is 1.40 bits per heavy atom. The van der Waals surface area contributed by atoms with Crippen LogP contribution in [-0.2, 0) is 6.54 Å². The van der Waals surface area contributed by atoms with E-state index in [0.29, 0.717) is 6.04 Å². The second-order valence-electron chi connectivity index (χ2n) is 4.03. The molecule has 0 aliphatic rings. The van der Waals surface area contributed by atoms with E-state index in [-0.39, 0.29) is 0 Å². The van der Waals surface area contributed by atoms with Gasteiger partial charge in [0.15, 0.2) is 0 Å². The van der Waals surface area contributed by atoms with Crippen LogP contribution in [0.3, 0.4) is 0 Å². The highest BCUT2D eigenvalue weighted by atomic mass is 32.1. The molecule has 4 heteroatoms. The number of hydrogen-bond acceptors (Lipinski definition) is 4. The fourth-order valence-corrected chi connectivity index (χ4v) is 1.97. The average Bonchev–Trinajstić information content (AvgIpc) is 2.74. The van der Waals surface area contributed by atoms with Crippen molar-refractivity contribution in [1.82, 2.24) is 14.9 Å². The summed E-state index contributed by atoms with van der Waals surface area (Å²) in [5, 5.41) is 9.47. The Labute approximate surface area is 96.5 Å². The van der Waals surface area contributed by atoms with Gasteiger partial charge >= 0.3 is 0 Å². The zero-order valence-corrected chi connectivity index (χ0v) is 10.5. The second kappa shape index (κ2) is 7.77. The smallest absolute Gasteiger partial charge is 0.0893 e. The molecule has 0 saturated carbocycles. The Morgan fingerprint density at radius 3 is 2.93 bits per heavy atom. The lowest BCUT2D eigenvalue weighted by atomic mass is 10.1. The van der Waals surface area contributed by atoms with E-state index in [2.05, 4.69) is 28.8 Å². The fraction of sp³-hybridized carbons (Fsp3) is 0.818. The summed E-state index contributed by atoms with van der Waals surface area (Å²) in [6.45, 7) is 5.34. The summed E-state index contributed by atoms with van der Waals surface area (Å²) in [4.78, 5) is 0. The molecule has 86 valence electrons. The largest absolute Gasteiger partial charge is 0.309 e. The maximum atomic E-state index is 4.00. The fourth-order valence-electron chi connectivity index (χ4n) is 1.52. The molecule has 0 fully saturated rings. The van der Waals surface area contributed by atoms with Gasteiger partial charge in [0.25, 0.3) is 0 Å². The van der Waals surface area contributed by atoms with Crippen molar-refractivity contribution in [3.8, 4) is 0 Å². The van der Waals surface area contributed by atoms with Gasteiger partial charge in [-0.3, -0.25) is 0 Å². The van der Waals surface area contributed by atoms with Gasteiger partial charge in [0, 0.05) is 18.0 Å². The molecule has 0 amide bonds. The molecule has 15 heavy (non-hydrogen) atoms. The van der Waals surface area contributed by atoms with E-state index >= 15 is 0 Å². The summed E-state index contributed by atoms with van der Waals surface area (Å²) in [6, 6.07) is 0.587. The third-order valence-corrected chi connectivity index (χ3v) is 3.08. The molecular formula is C11H21N3S. The summed E-state index contributed by atoms with van der Waals surface area (Å²) in [5.41, 5.74) is 1.06. The average molecular weight is 227 g/mol. The molecule has 0 saturated heterocycles. The van der Waals surface area contributed by atoms with E-state index in [9.17, 15) is 0 Å². The van der Waals surface area contributed by atoms with Crippen molar-refractivity contribution >= 4 is 11.5 Å². The van der Waals surface area contributed by atoms with E-state index in [4.69, 9.17) is 0 Å². The van der Waals surface area contributed by atoms with Gasteiger partial charge in [-0.15, -0.1) is 5.10 Å². The Balaban J connectivity index is 2.01. The van der Waals surface area contributed by atoms with Crippen molar-refractivity contribution in [3.63, 3.8) is 0 Å². The van der Waals surface area contributed by atoms with Crippen molar-refractivity contribution in [2.24, 2.45) is 0 Å². The summed E-state index contributed by atoms with van der Waals surface area (Å²) < 4.78 is 3.84. The SMILES string of the molecule is CCCCCCC(C)NCc1csnn1. The quantitative estimate of drug-likeness (QED) is 0.694. The van der Waals surface area contributed by atoms with Crippen LogP contribution in [0.5, 0.6) is 0 Å². The normalized spacial score (nSPS) is 12.9. The van der Waals surface area contributed by atoms with Crippen LogP contribution in [0.2, 0.25) is 0 Å². The Kier molecular flexibility index (Phi) is 6.52. The van der Waals surface area contributed by atoms with E-state index in [1.165, 1.54) is 43.6 Å². The highest BCUT2D eigenvalue weighted by Gasteiger charge is 2.02. The Morgan fingerprint density at radius 2 is 2.27 bits per heavy atom. The first kappa shape index (κ1) is 12.6. The molecule has 1 N–H and O–H groups in total. The van der Waals surface area contributed by atoms with E-state index < -0.39 is 0 Å². The monoisotopic (exact) mass is 227 g/mol. The maximum absolute atomic E-state index is 4.00. The summed E-state index contributed by atoms with van der Waals surface area (Å²) in [6.07, 6.45) is 6.63. The molecule has 0 bridgehead atoms. The highest BCUT2D eigenvalue weighted by Crippen LogP contribution is 2.06. The van der Waals surface area contributed by atoms with E-state index in [1.807, 2.05) is 5.38 Å². The number of unbranched alkanes of at least 4 members (excludes halogenated alkanes) is 3. The molecule has 1 aromatic heterocycles. The van der Waals surface area contributed by atoms with Crippen molar-refractivity contribution in [1.29, 1.82) is 0 Å². The van der Waals surface area contributed by atoms with Gasteiger partial charge in [-0.2, -0.15) is 0 Å². The zero-order valence-electron chi connectivity index (χ0n) is 9.70. The number of rotatable bonds is 8. The lowest BCUT2D eigenvalue weighted by molar-refractivity contribution is 0.479. The lowest BCUT2D eigenvalue weighted by Crippen LogP contribution is -2.25. The Hall–Kier alpha value is -0.480. The third kappa shape index (κ3) is 5.85. The van der Waals surface area contributed by atoms with Crippen LogP contribution in [0.1, 0.15) is 51.6 Å². The molecule has 0 aliphatic heterocycles. The van der Waals surface area contributed by atoms with Crippen LogP contribution in [0.15, 0.2) is 5.38 Å². The van der Waals surface area contributed by atoms with Gasteiger partial charge in [-0.05, 0) is 24.9 Å². The summed E-state index contributed by atoms with van der Waals surface area (Å²) >= 11 is 1.41. The minimum atomic E-state index is 0.587. The molecule has 3 nitrogen and oxygen atoms in total. The van der Waals surface area contributed by atoms with Gasteiger partial charge in [0.05, 0.1) is 5.69 Å². The number of hydrogen-bond donors (Lipinski definition) is 1. The van der Waals surface area contributed by atoms with Crippen LogP contribution in [0.4, 0.5) is 0 Å². The first-order valence-electron chi connectivity index (χ1n) is 5.82. The van der Waals surface area contributed by atoms with Crippen LogP contribution in [0, 0.1) is 0 Å². The highest BCUT2D eigenvalue weighted by molar-refractivity contribution is 7.03. The minimum Gasteiger partial charge on any atom is -0.309 e. The lowest BCUT2D eigenvalue weighted by Gasteiger charge is -2.12. The summed E-state index contributed by atoms with van der Waals surface area (Å²) in [5.74, 6) is 0. The molecular weight excluding hydrogens is 206 g/mol. The molecule has 1 heterocycles. The van der Waals surface area contributed by atoms with Gasteiger partial charge in [-0.25, -0.2) is 0 Å². The third-order valence-electron chi connectivity index (χ3n) is 2.53. The molecule has 1 rings (SSSR count). The number of nitrogens with one attached hydrogen (secondary N) is 1. The summed E-state index contributed by atoms with van der Waals surface area (Å²) in [7, 11) is 0. The van der Waals surface area contributed by atoms with Gasteiger partial charge in [-0.1, -0.05) is 37.1 Å². The van der Waals surface area contributed by atoms with Crippen LogP contribution in [-0.4, -0.2) is 15.6 Å². The number of nitrogens with zero attached hydrogens (tertiary/aromatic N) is 2. The van der Waals surface area contributed by atoms with Gasteiger partial charge < -0.3 is 5.32 Å². The van der Waals surface area contributed by atoms with Crippen molar-refractivity contribution in [2.75, 3.05) is 0 Å². The topological polar surface area (TPSA) is 37.8 Å². The van der Waals surface area contributed by atoms with Crippen LogP contribution < -0.4 is 5.32 Å². The minimum absolute atomic E-state index is 0.587. The Bertz CT molecular complexity index is 236. The first-order chi connectivity index (χ1) is 7.33. The molecule has 0 aliphatic carbocycles. The van der Waals surface area contributed by atoms with Crippen LogP contribution >= 0.6 is 11.5 Å². The predicted octanol–water partition coefficient (Wildman–Crippen LogP) is 2.99. The number of aromatic nitrogens is 2. The standard InChI is InChI=1S/C11H21N3S/c1-3-4-5-6-7-10(2)12-8-11-9-15-14-13-11/h9-10,12H,3-8H2,1-2H3. The van der Waals surface area contributed by atoms with E-state index in [0.717, 1.165) is 12.2 Å².